The molecule has 0 spiro atoms. The van der Waals surface area contributed by atoms with Gasteiger partial charge in [0, 0.05) is 23.7 Å². The first-order valence-corrected chi connectivity index (χ1v) is 5.67. The van der Waals surface area contributed by atoms with E-state index in [0.717, 1.165) is 6.54 Å². The standard InChI is InChI=1S/C9H11Cl2NS/c1-7-5-13-6-8(7)3-12-4-9(11)2-10/h2,5-6,12H,3-4H2,1H3. The number of nitrogens with one attached hydrogen (secondary N) is 1. The van der Waals surface area contributed by atoms with E-state index in [4.69, 9.17) is 23.2 Å². The van der Waals surface area contributed by atoms with Crippen LogP contribution in [-0.4, -0.2) is 6.54 Å². The minimum absolute atomic E-state index is 0.625. The van der Waals surface area contributed by atoms with Gasteiger partial charge in [-0.3, -0.25) is 0 Å². The summed E-state index contributed by atoms with van der Waals surface area (Å²) in [6, 6.07) is 0. The molecule has 13 heavy (non-hydrogen) atoms. The highest BCUT2D eigenvalue weighted by molar-refractivity contribution is 7.08. The van der Waals surface area contributed by atoms with Gasteiger partial charge < -0.3 is 5.32 Å². The molecule has 0 bridgehead atoms. The molecule has 0 aliphatic carbocycles. The van der Waals surface area contributed by atoms with Crippen molar-refractivity contribution in [3.63, 3.8) is 0 Å². The van der Waals surface area contributed by atoms with Gasteiger partial charge in [-0.15, -0.1) is 0 Å². The second-order valence-corrected chi connectivity index (χ2v) is 4.19. The molecule has 4 heteroatoms. The van der Waals surface area contributed by atoms with E-state index in [9.17, 15) is 0 Å². The molecule has 1 rings (SSSR count). The molecule has 0 aliphatic rings. The van der Waals surface area contributed by atoms with Crippen molar-refractivity contribution in [1.29, 1.82) is 0 Å². The molecule has 1 nitrogen and oxygen atoms in total. The summed E-state index contributed by atoms with van der Waals surface area (Å²) >= 11 is 12.8. The summed E-state index contributed by atoms with van der Waals surface area (Å²) < 4.78 is 0. The fraction of sp³-hybridized carbons (Fsp3) is 0.333. The van der Waals surface area contributed by atoms with Gasteiger partial charge in [0.15, 0.2) is 0 Å². The van der Waals surface area contributed by atoms with Crippen molar-refractivity contribution in [1.82, 2.24) is 5.32 Å². The Hall–Kier alpha value is -0.0200. The average molecular weight is 236 g/mol. The predicted molar refractivity (Wildman–Crippen MR) is 60.6 cm³/mol. The fourth-order valence-corrected chi connectivity index (χ4v) is 1.95. The zero-order valence-electron chi connectivity index (χ0n) is 7.31. The molecule has 72 valence electrons. The van der Waals surface area contributed by atoms with E-state index in [0.29, 0.717) is 11.6 Å². The number of hydrogen-bond donors (Lipinski definition) is 1. The van der Waals surface area contributed by atoms with Gasteiger partial charge in [0.1, 0.15) is 0 Å². The van der Waals surface area contributed by atoms with Crippen LogP contribution in [0.1, 0.15) is 11.1 Å². The molecule has 0 saturated heterocycles. The Kier molecular flexibility index (Phi) is 4.81. The topological polar surface area (TPSA) is 12.0 Å². The van der Waals surface area contributed by atoms with Crippen LogP contribution in [-0.2, 0) is 6.54 Å². The lowest BCUT2D eigenvalue weighted by molar-refractivity contribution is 0.753. The highest BCUT2D eigenvalue weighted by Crippen LogP contribution is 2.13. The second-order valence-electron chi connectivity index (χ2n) is 2.74. The third kappa shape index (κ3) is 3.69. The van der Waals surface area contributed by atoms with E-state index in [1.54, 1.807) is 11.3 Å². The van der Waals surface area contributed by atoms with Crippen molar-refractivity contribution in [3.05, 3.63) is 32.5 Å². The summed E-state index contributed by atoms with van der Waals surface area (Å²) in [5.74, 6) is 0. The summed E-state index contributed by atoms with van der Waals surface area (Å²) in [7, 11) is 0. The average Bonchev–Trinajstić information content (AvgIpc) is 2.52. The van der Waals surface area contributed by atoms with Crippen LogP contribution < -0.4 is 5.32 Å². The minimum atomic E-state index is 0.625. The van der Waals surface area contributed by atoms with Crippen molar-refractivity contribution in [2.75, 3.05) is 6.54 Å². The van der Waals surface area contributed by atoms with E-state index < -0.39 is 0 Å². The van der Waals surface area contributed by atoms with E-state index in [2.05, 4.69) is 23.0 Å². The molecule has 0 radical (unpaired) electrons. The van der Waals surface area contributed by atoms with Crippen LogP contribution in [0.15, 0.2) is 21.3 Å². The van der Waals surface area contributed by atoms with Gasteiger partial charge in [-0.2, -0.15) is 11.3 Å². The molecule has 1 heterocycles. The van der Waals surface area contributed by atoms with Crippen LogP contribution >= 0.6 is 34.5 Å². The summed E-state index contributed by atoms with van der Waals surface area (Å²) in [5.41, 5.74) is 4.03. The third-order valence-corrected chi connectivity index (χ3v) is 3.22. The van der Waals surface area contributed by atoms with Crippen molar-refractivity contribution in [2.24, 2.45) is 0 Å². The van der Waals surface area contributed by atoms with Crippen molar-refractivity contribution in [2.45, 2.75) is 13.5 Å². The normalized spacial score (nSPS) is 12.1. The second kappa shape index (κ2) is 5.66. The summed E-state index contributed by atoms with van der Waals surface area (Å²) in [6.07, 6.45) is 0. The van der Waals surface area contributed by atoms with Crippen molar-refractivity contribution in [3.8, 4) is 0 Å². The Labute approximate surface area is 92.4 Å². The van der Waals surface area contributed by atoms with Gasteiger partial charge in [-0.05, 0) is 28.8 Å². The Morgan fingerprint density at radius 1 is 1.62 bits per heavy atom. The van der Waals surface area contributed by atoms with E-state index in [1.807, 2.05) is 0 Å². The van der Waals surface area contributed by atoms with E-state index >= 15 is 0 Å². The van der Waals surface area contributed by atoms with Gasteiger partial charge in [0.25, 0.3) is 0 Å². The van der Waals surface area contributed by atoms with Crippen LogP contribution in [0.5, 0.6) is 0 Å². The molecule has 1 N–H and O–H groups in total. The lowest BCUT2D eigenvalue weighted by atomic mass is 10.2. The molecule has 0 saturated carbocycles. The van der Waals surface area contributed by atoms with Gasteiger partial charge >= 0.3 is 0 Å². The third-order valence-electron chi connectivity index (χ3n) is 1.69. The van der Waals surface area contributed by atoms with Crippen LogP contribution in [0.25, 0.3) is 0 Å². The Morgan fingerprint density at radius 3 is 2.92 bits per heavy atom. The number of thiophene rings is 1. The van der Waals surface area contributed by atoms with Crippen LogP contribution in [0.3, 0.4) is 0 Å². The molecule has 0 aliphatic heterocycles. The van der Waals surface area contributed by atoms with Gasteiger partial charge in [0.2, 0.25) is 0 Å². The van der Waals surface area contributed by atoms with Gasteiger partial charge in [0.05, 0.1) is 0 Å². The number of halogens is 2. The SMILES string of the molecule is Cc1cscc1CNCC(Cl)=CCl. The molecule has 0 atom stereocenters. The van der Waals surface area contributed by atoms with Crippen LogP contribution in [0.2, 0.25) is 0 Å². The lowest BCUT2D eigenvalue weighted by Gasteiger charge is -2.02. The van der Waals surface area contributed by atoms with Gasteiger partial charge in [-0.25, -0.2) is 0 Å². The molecular weight excluding hydrogens is 225 g/mol. The largest absolute Gasteiger partial charge is 0.308 e. The smallest absolute Gasteiger partial charge is 0.0432 e. The van der Waals surface area contributed by atoms with Gasteiger partial charge in [-0.1, -0.05) is 23.2 Å². The van der Waals surface area contributed by atoms with Crippen molar-refractivity contribution >= 4 is 34.5 Å². The maximum absolute atomic E-state index is 5.71. The molecule has 0 amide bonds. The molecule has 1 aromatic heterocycles. The predicted octanol–water partition coefficient (Wildman–Crippen LogP) is 3.47. The molecular formula is C9H11Cl2NS. The monoisotopic (exact) mass is 235 g/mol. The molecule has 0 unspecified atom stereocenters. The minimum Gasteiger partial charge on any atom is -0.308 e. The quantitative estimate of drug-likeness (QED) is 0.844. The zero-order valence-corrected chi connectivity index (χ0v) is 9.64. The zero-order chi connectivity index (χ0) is 9.68. The maximum atomic E-state index is 5.71. The number of rotatable bonds is 4. The first-order chi connectivity index (χ1) is 6.24. The van der Waals surface area contributed by atoms with E-state index in [-0.39, 0.29) is 0 Å². The van der Waals surface area contributed by atoms with Crippen LogP contribution in [0, 0.1) is 6.92 Å². The Bertz CT molecular complexity index is 294. The highest BCUT2D eigenvalue weighted by atomic mass is 35.5. The Balaban J connectivity index is 2.32. The maximum Gasteiger partial charge on any atom is 0.0432 e. The Morgan fingerprint density at radius 2 is 2.38 bits per heavy atom. The number of aryl methyl sites for hydroxylation is 1. The first-order valence-electron chi connectivity index (χ1n) is 3.91. The fourth-order valence-electron chi connectivity index (χ4n) is 0.923. The summed E-state index contributed by atoms with van der Waals surface area (Å²) in [5, 5.41) is 8.11. The first kappa shape index (κ1) is 11.1. The lowest BCUT2D eigenvalue weighted by Crippen LogP contribution is -2.14. The number of hydrogen-bond acceptors (Lipinski definition) is 2. The molecule has 0 fully saturated rings. The molecule has 0 aromatic carbocycles. The van der Waals surface area contributed by atoms with Crippen molar-refractivity contribution < 1.29 is 0 Å². The van der Waals surface area contributed by atoms with E-state index in [1.165, 1.54) is 16.7 Å². The highest BCUT2D eigenvalue weighted by Gasteiger charge is 1.98. The molecule has 1 aromatic rings. The summed E-state index contributed by atoms with van der Waals surface area (Å²) in [6.45, 7) is 3.57. The summed E-state index contributed by atoms with van der Waals surface area (Å²) in [4.78, 5) is 0. The van der Waals surface area contributed by atoms with Crippen LogP contribution in [0.4, 0.5) is 0 Å².